The van der Waals surface area contributed by atoms with Crippen LogP contribution in [0.5, 0.6) is 0 Å². The molecule has 3 amide bonds. The number of aryl methyl sites for hydroxylation is 1. The number of esters is 1. The molecule has 0 unspecified atom stereocenters. The van der Waals surface area contributed by atoms with Crippen LogP contribution in [0, 0.1) is 0 Å². The van der Waals surface area contributed by atoms with Crippen LogP contribution in [0.25, 0.3) is 0 Å². The van der Waals surface area contributed by atoms with Crippen molar-refractivity contribution in [3.8, 4) is 0 Å². The summed E-state index contributed by atoms with van der Waals surface area (Å²) in [7, 11) is 0. The molecular weight excluding hydrogens is 905 g/mol. The summed E-state index contributed by atoms with van der Waals surface area (Å²) in [6.07, 6.45) is 24.9. The molecule has 4 rings (SSSR count). The molecule has 1 aromatic rings. The summed E-state index contributed by atoms with van der Waals surface area (Å²) in [6, 6.07) is 0.221. The standard InChI is InChI=1S/C55H94N6O10/c1-9-44-28-22-23-34-55(69-44)39-42-31-32-46-48(45(29-25-27-41(2)62)58-50(59-55)61(42)46)49(65)68-38-24-20-18-16-14-12-10-11-13-15-17-19-21-30-47(64)60(37-26-35-56-51(66)70-53(3,4)5)40-43(63)33-36-57-52(67)71-54(6,7)8/h22,28,41-44,62-63H,9-21,23-27,29-40H2,1-8H3,(H2,56,57,66,67)/p+1/t41-,42+,43+,44+,55+/m1/s1. The number of hydrogen-bond acceptors (Lipinski definition) is 12. The van der Waals surface area contributed by atoms with Crippen LogP contribution in [0.4, 0.5) is 15.5 Å². The maximum atomic E-state index is 13.8. The fraction of sp³-hybridized carbons (Fsp3) is 0.818. The number of anilines is 1. The van der Waals surface area contributed by atoms with Gasteiger partial charge in [-0.05, 0) is 106 Å². The molecule has 0 radical (unpaired) electrons. The molecule has 1 spiro atoms. The Balaban J connectivity index is 1.08. The molecule has 4 heterocycles. The van der Waals surface area contributed by atoms with Crippen LogP contribution in [0.15, 0.2) is 12.2 Å². The van der Waals surface area contributed by atoms with E-state index in [1.54, 1.807) is 53.4 Å². The first-order valence-electron chi connectivity index (χ1n) is 27.6. The molecular formula is C55H95N6O10+. The molecule has 404 valence electrons. The van der Waals surface area contributed by atoms with E-state index in [1.807, 2.05) is 0 Å². The quantitative estimate of drug-likeness (QED) is 0.0155. The first kappa shape index (κ1) is 59.5. The van der Waals surface area contributed by atoms with Crippen molar-refractivity contribution in [2.75, 3.05) is 38.1 Å². The van der Waals surface area contributed by atoms with E-state index in [0.29, 0.717) is 50.9 Å². The maximum absolute atomic E-state index is 13.8. The lowest BCUT2D eigenvalue weighted by atomic mass is 9.95. The third-order valence-electron chi connectivity index (χ3n) is 13.4. The summed E-state index contributed by atoms with van der Waals surface area (Å²) in [5, 5.41) is 29.9. The number of aromatic nitrogens is 2. The average Bonchev–Trinajstić information content (AvgIpc) is 3.59. The van der Waals surface area contributed by atoms with Crippen molar-refractivity contribution in [2.45, 2.75) is 257 Å². The molecule has 1 aromatic heterocycles. The number of amides is 3. The fourth-order valence-electron chi connectivity index (χ4n) is 9.85. The smallest absolute Gasteiger partial charge is 0.407 e. The minimum Gasteiger partial charge on any atom is -0.462 e. The SMILES string of the molecule is CC[C@H]1C=CCC[C@@]2(C[C@@H]3CCc4c(C(=O)OCCCCCCCCCCCCCCCC(=O)N(CCCNC(=O)OC(C)(C)C)C[C@@H](O)CCNC(=O)OC(C)(C)C)c(CCC[C@@H](C)O)nc([n+]43)N2)O1. The fourth-order valence-corrected chi connectivity index (χ4v) is 9.85. The predicted octanol–water partition coefficient (Wildman–Crippen LogP) is 9.85. The Labute approximate surface area is 426 Å². The second-order valence-corrected chi connectivity index (χ2v) is 22.3. The molecule has 3 aliphatic rings. The second-order valence-electron chi connectivity index (χ2n) is 22.3. The molecule has 0 saturated carbocycles. The predicted molar refractivity (Wildman–Crippen MR) is 276 cm³/mol. The number of unbranched alkanes of at least 4 members (excludes halogenated alkanes) is 12. The number of nitrogens with zero attached hydrogens (tertiary/aromatic N) is 3. The number of ether oxygens (including phenoxy) is 4. The number of carbonyl (C=O) groups is 4. The second kappa shape index (κ2) is 30.2. The lowest BCUT2D eigenvalue weighted by Gasteiger charge is -2.38. The molecule has 0 fully saturated rings. The van der Waals surface area contributed by atoms with E-state index in [2.05, 4.69) is 39.6 Å². The van der Waals surface area contributed by atoms with Gasteiger partial charge in [0.2, 0.25) is 5.91 Å². The van der Waals surface area contributed by atoms with E-state index < -0.39 is 41.3 Å². The lowest BCUT2D eigenvalue weighted by molar-refractivity contribution is -0.713. The molecule has 0 saturated heterocycles. The van der Waals surface area contributed by atoms with Gasteiger partial charge in [0.25, 0.3) is 0 Å². The van der Waals surface area contributed by atoms with E-state index >= 15 is 0 Å². The number of aliphatic hydroxyl groups is 2. The Bertz CT molecular complexity index is 1830. The van der Waals surface area contributed by atoms with Gasteiger partial charge in [0.15, 0.2) is 5.72 Å². The van der Waals surface area contributed by atoms with Crippen LogP contribution in [0.1, 0.15) is 231 Å². The van der Waals surface area contributed by atoms with Crippen LogP contribution < -0.4 is 20.5 Å². The van der Waals surface area contributed by atoms with Crippen molar-refractivity contribution in [3.63, 3.8) is 0 Å². The molecule has 0 bridgehead atoms. The van der Waals surface area contributed by atoms with Gasteiger partial charge < -0.3 is 44.7 Å². The van der Waals surface area contributed by atoms with Gasteiger partial charge in [-0.25, -0.2) is 24.3 Å². The van der Waals surface area contributed by atoms with Crippen molar-refractivity contribution < 1.29 is 52.9 Å². The van der Waals surface area contributed by atoms with Crippen LogP contribution >= 0.6 is 0 Å². The zero-order chi connectivity index (χ0) is 51.9. The Hall–Kier alpha value is -4.02. The van der Waals surface area contributed by atoms with E-state index in [9.17, 15) is 29.4 Å². The van der Waals surface area contributed by atoms with Crippen LogP contribution in [0.3, 0.4) is 0 Å². The minimum absolute atomic E-state index is 0.0222. The van der Waals surface area contributed by atoms with Gasteiger partial charge in [-0.3, -0.25) is 4.79 Å². The van der Waals surface area contributed by atoms with Crippen LogP contribution in [0.2, 0.25) is 0 Å². The van der Waals surface area contributed by atoms with Gasteiger partial charge in [-0.15, -0.1) is 0 Å². The Morgan fingerprint density at radius 3 is 2.07 bits per heavy atom. The molecule has 5 N–H and O–H groups in total. The summed E-state index contributed by atoms with van der Waals surface area (Å²) in [4.78, 5) is 58.0. The van der Waals surface area contributed by atoms with E-state index in [-0.39, 0.29) is 43.5 Å². The lowest BCUT2D eigenvalue weighted by Crippen LogP contribution is -2.58. The highest BCUT2D eigenvalue weighted by Gasteiger charge is 2.51. The van der Waals surface area contributed by atoms with E-state index in [1.165, 1.54) is 38.5 Å². The number of hydrogen-bond donors (Lipinski definition) is 5. The van der Waals surface area contributed by atoms with Gasteiger partial charge in [-0.2, -0.15) is 0 Å². The van der Waals surface area contributed by atoms with E-state index in [0.717, 1.165) is 107 Å². The molecule has 5 atom stereocenters. The minimum atomic E-state index is -0.822. The van der Waals surface area contributed by atoms with Crippen LogP contribution in [-0.2, 0) is 36.6 Å². The number of alkyl carbamates (subject to hydrolysis) is 2. The summed E-state index contributed by atoms with van der Waals surface area (Å²) < 4.78 is 25.5. The topological polar surface area (TPSA) is 202 Å². The average molecular weight is 1000 g/mol. The van der Waals surface area contributed by atoms with Crippen molar-refractivity contribution in [1.29, 1.82) is 0 Å². The molecule has 0 aliphatic carbocycles. The first-order valence-corrected chi connectivity index (χ1v) is 27.6. The number of carbonyl (C=O) groups excluding carboxylic acids is 4. The molecule has 16 nitrogen and oxygen atoms in total. The van der Waals surface area contributed by atoms with Gasteiger partial charge in [0, 0.05) is 58.3 Å². The van der Waals surface area contributed by atoms with Gasteiger partial charge in [0.1, 0.15) is 22.5 Å². The molecule has 0 aromatic carbocycles. The van der Waals surface area contributed by atoms with Crippen molar-refractivity contribution >= 4 is 30.0 Å². The number of aliphatic hydroxyl groups excluding tert-OH is 2. The highest BCUT2D eigenvalue weighted by atomic mass is 16.6. The van der Waals surface area contributed by atoms with E-state index in [4.69, 9.17) is 23.9 Å². The maximum Gasteiger partial charge on any atom is 0.407 e. The summed E-state index contributed by atoms with van der Waals surface area (Å²) in [5.41, 5.74) is 0.711. The zero-order valence-corrected chi connectivity index (χ0v) is 45.2. The number of allylic oxidation sites excluding steroid dienone is 1. The summed E-state index contributed by atoms with van der Waals surface area (Å²) in [6.45, 7) is 16.2. The Kier molecular flexibility index (Phi) is 25.4. The number of nitrogens with one attached hydrogen (secondary N) is 3. The van der Waals surface area contributed by atoms with Crippen molar-refractivity contribution in [3.05, 3.63) is 29.1 Å². The van der Waals surface area contributed by atoms with Crippen molar-refractivity contribution in [1.82, 2.24) is 20.5 Å². The first-order chi connectivity index (χ1) is 33.8. The molecule has 16 heteroatoms. The number of rotatable bonds is 31. The van der Waals surface area contributed by atoms with Gasteiger partial charge >= 0.3 is 24.1 Å². The molecule has 71 heavy (non-hydrogen) atoms. The summed E-state index contributed by atoms with van der Waals surface area (Å²) in [5.74, 6) is 0.496. The highest BCUT2D eigenvalue weighted by Crippen LogP contribution is 2.41. The molecule has 3 aliphatic heterocycles. The van der Waals surface area contributed by atoms with Gasteiger partial charge in [-0.1, -0.05) is 94.7 Å². The third-order valence-corrected chi connectivity index (χ3v) is 13.4. The summed E-state index contributed by atoms with van der Waals surface area (Å²) >= 11 is 0. The largest absolute Gasteiger partial charge is 0.462 e. The zero-order valence-electron chi connectivity index (χ0n) is 45.2. The Morgan fingerprint density at radius 2 is 1.46 bits per heavy atom. The Morgan fingerprint density at radius 1 is 0.859 bits per heavy atom. The van der Waals surface area contributed by atoms with Crippen LogP contribution in [-0.4, -0.2) is 112 Å². The van der Waals surface area contributed by atoms with Gasteiger partial charge in [0.05, 0.1) is 36.7 Å². The highest BCUT2D eigenvalue weighted by molar-refractivity contribution is 5.91. The monoisotopic (exact) mass is 1000 g/mol. The normalized spacial score (nSPS) is 19.3. The third kappa shape index (κ3) is 22.3. The van der Waals surface area contributed by atoms with Crippen molar-refractivity contribution in [2.24, 2.45) is 0 Å².